The van der Waals surface area contributed by atoms with Crippen molar-refractivity contribution in [3.63, 3.8) is 0 Å². The highest BCUT2D eigenvalue weighted by molar-refractivity contribution is 7.17. The van der Waals surface area contributed by atoms with E-state index < -0.39 is 6.61 Å². The first-order chi connectivity index (χ1) is 13.0. The lowest BCUT2D eigenvalue weighted by Crippen LogP contribution is -2.25. The van der Waals surface area contributed by atoms with E-state index in [-0.39, 0.29) is 11.7 Å². The fourth-order valence-corrected chi connectivity index (χ4v) is 3.40. The zero-order chi connectivity index (χ0) is 19.2. The molecule has 1 N–H and O–H groups in total. The van der Waals surface area contributed by atoms with E-state index in [0.717, 1.165) is 11.3 Å². The number of hydrogen-bond acceptors (Lipinski definition) is 5. The number of halogens is 2. The van der Waals surface area contributed by atoms with Gasteiger partial charge in [0.25, 0.3) is 5.91 Å². The lowest BCUT2D eigenvalue weighted by Gasteiger charge is -2.07. The van der Waals surface area contributed by atoms with Crippen molar-refractivity contribution in [2.45, 2.75) is 20.0 Å². The summed E-state index contributed by atoms with van der Waals surface area (Å²) < 4.78 is 28.6. The average Bonchev–Trinajstić information content (AvgIpc) is 3.05. The Kier molecular flexibility index (Phi) is 6.08. The van der Waals surface area contributed by atoms with Gasteiger partial charge in [-0.3, -0.25) is 9.78 Å². The molecule has 1 aromatic carbocycles. The second kappa shape index (κ2) is 8.68. The van der Waals surface area contributed by atoms with Gasteiger partial charge < -0.3 is 10.1 Å². The van der Waals surface area contributed by atoms with Gasteiger partial charge in [0.1, 0.15) is 15.6 Å². The van der Waals surface area contributed by atoms with Gasteiger partial charge in [-0.05, 0) is 43.2 Å². The lowest BCUT2D eigenvalue weighted by molar-refractivity contribution is -0.0498. The minimum absolute atomic E-state index is 0.111. The molecule has 0 saturated heterocycles. The van der Waals surface area contributed by atoms with Crippen molar-refractivity contribution >= 4 is 17.2 Å². The topological polar surface area (TPSA) is 64.1 Å². The molecule has 2 aromatic heterocycles. The van der Waals surface area contributed by atoms with Gasteiger partial charge in [0.2, 0.25) is 0 Å². The molecule has 2 heterocycles. The summed E-state index contributed by atoms with van der Waals surface area (Å²) in [6.07, 6.45) is 2.26. The molecule has 27 heavy (non-hydrogen) atoms. The summed E-state index contributed by atoms with van der Waals surface area (Å²) in [4.78, 5) is 21.6. The third kappa shape index (κ3) is 5.07. The van der Waals surface area contributed by atoms with Crippen molar-refractivity contribution < 1.29 is 18.3 Å². The Hall–Kier alpha value is -2.87. The van der Waals surface area contributed by atoms with E-state index in [0.29, 0.717) is 28.5 Å². The van der Waals surface area contributed by atoms with Crippen LogP contribution in [-0.2, 0) is 6.42 Å². The molecule has 140 valence electrons. The first kappa shape index (κ1) is 18.9. The Morgan fingerprint density at radius 3 is 2.67 bits per heavy atom. The molecule has 3 aromatic rings. The number of hydrogen-bond donors (Lipinski definition) is 1. The van der Waals surface area contributed by atoms with Crippen LogP contribution in [0.4, 0.5) is 8.78 Å². The van der Waals surface area contributed by atoms with Gasteiger partial charge in [0, 0.05) is 12.7 Å². The summed E-state index contributed by atoms with van der Waals surface area (Å²) in [5, 5.41) is 3.56. The number of nitrogens with one attached hydrogen (secondary N) is 1. The first-order valence-corrected chi connectivity index (χ1v) is 9.05. The fourth-order valence-electron chi connectivity index (χ4n) is 2.44. The molecule has 3 rings (SSSR count). The number of alkyl halides is 2. The highest BCUT2D eigenvalue weighted by Crippen LogP contribution is 2.26. The number of aromatic nitrogens is 2. The molecule has 0 spiro atoms. The Morgan fingerprint density at radius 2 is 2.00 bits per heavy atom. The zero-order valence-corrected chi connectivity index (χ0v) is 15.3. The van der Waals surface area contributed by atoms with Crippen LogP contribution in [0.25, 0.3) is 10.7 Å². The van der Waals surface area contributed by atoms with Crippen LogP contribution in [0, 0.1) is 6.92 Å². The van der Waals surface area contributed by atoms with E-state index >= 15 is 0 Å². The Balaban J connectivity index is 1.56. The van der Waals surface area contributed by atoms with Crippen molar-refractivity contribution in [1.82, 2.24) is 15.3 Å². The average molecular weight is 389 g/mol. The molecule has 8 heteroatoms. The third-order valence-corrected chi connectivity index (χ3v) is 4.91. The molecule has 0 radical (unpaired) electrons. The minimum atomic E-state index is -2.84. The quantitative estimate of drug-likeness (QED) is 0.661. The van der Waals surface area contributed by atoms with Crippen LogP contribution in [0.2, 0.25) is 0 Å². The molecular weight excluding hydrogens is 372 g/mol. The van der Waals surface area contributed by atoms with Crippen LogP contribution >= 0.6 is 11.3 Å². The van der Waals surface area contributed by atoms with E-state index in [9.17, 15) is 13.6 Å². The molecule has 0 aliphatic carbocycles. The molecule has 0 atom stereocenters. The van der Waals surface area contributed by atoms with Crippen molar-refractivity contribution in [1.29, 1.82) is 0 Å². The van der Waals surface area contributed by atoms with Crippen molar-refractivity contribution in [3.8, 4) is 16.5 Å². The predicted molar refractivity (Wildman–Crippen MR) is 99.2 cm³/mol. The summed E-state index contributed by atoms with van der Waals surface area (Å²) in [7, 11) is 0. The molecule has 5 nitrogen and oxygen atoms in total. The molecule has 0 unspecified atom stereocenters. The van der Waals surface area contributed by atoms with E-state index in [1.54, 1.807) is 25.3 Å². The number of rotatable bonds is 7. The van der Waals surface area contributed by atoms with Crippen molar-refractivity contribution in [3.05, 3.63) is 64.8 Å². The largest absolute Gasteiger partial charge is 0.435 e. The summed E-state index contributed by atoms with van der Waals surface area (Å²) in [5.74, 6) is -0.0787. The number of nitrogens with zero attached hydrogens (tertiary/aromatic N) is 2. The Labute approximate surface area is 159 Å². The molecule has 1 amide bonds. The number of benzene rings is 1. The van der Waals surface area contributed by atoms with E-state index in [4.69, 9.17) is 0 Å². The number of pyridine rings is 1. The Morgan fingerprint density at radius 1 is 1.22 bits per heavy atom. The van der Waals surface area contributed by atoms with E-state index in [2.05, 4.69) is 20.0 Å². The summed E-state index contributed by atoms with van der Waals surface area (Å²) in [6.45, 7) is -0.627. The molecule has 0 saturated carbocycles. The normalized spacial score (nSPS) is 10.8. The molecule has 0 bridgehead atoms. The molecule has 0 aliphatic rings. The summed E-state index contributed by atoms with van der Waals surface area (Å²) >= 11 is 1.30. The maximum atomic E-state index is 12.4. The van der Waals surface area contributed by atoms with Gasteiger partial charge in [-0.25, -0.2) is 4.98 Å². The number of carbonyl (C=O) groups is 1. The Bertz CT molecular complexity index is 899. The monoisotopic (exact) mass is 389 g/mol. The highest BCUT2D eigenvalue weighted by atomic mass is 32.1. The van der Waals surface area contributed by atoms with Crippen LogP contribution < -0.4 is 10.1 Å². The predicted octanol–water partition coefficient (Wildman–Crippen LogP) is 4.09. The number of carbonyl (C=O) groups excluding carboxylic acids is 1. The van der Waals surface area contributed by atoms with Gasteiger partial charge in [-0.15, -0.1) is 11.3 Å². The number of thiazole rings is 1. The van der Waals surface area contributed by atoms with Gasteiger partial charge in [0.05, 0.1) is 11.4 Å². The van der Waals surface area contributed by atoms with Crippen LogP contribution in [0.3, 0.4) is 0 Å². The second-order valence-electron chi connectivity index (χ2n) is 5.68. The van der Waals surface area contributed by atoms with Crippen LogP contribution in [0.15, 0.2) is 48.7 Å². The molecule has 0 aliphatic heterocycles. The van der Waals surface area contributed by atoms with Gasteiger partial charge in [0.15, 0.2) is 0 Å². The van der Waals surface area contributed by atoms with Crippen LogP contribution in [0.1, 0.15) is 20.9 Å². The third-order valence-electron chi connectivity index (χ3n) is 3.73. The number of amides is 1. The van der Waals surface area contributed by atoms with Gasteiger partial charge in [-0.2, -0.15) is 8.78 Å². The summed E-state index contributed by atoms with van der Waals surface area (Å²) in [6, 6.07) is 11.9. The van der Waals surface area contributed by atoms with E-state index in [1.807, 2.05) is 18.2 Å². The molecular formula is C19H17F2N3O2S. The standard InChI is InChI=1S/C19H17F2N3O2S/c1-12-16(27-18(24-12)15-4-2-3-10-22-15)17(25)23-11-9-13-5-7-14(8-6-13)26-19(20)21/h2-8,10,19H,9,11H2,1H3,(H,23,25). The highest BCUT2D eigenvalue weighted by Gasteiger charge is 2.16. The number of ether oxygens (including phenoxy) is 1. The van der Waals surface area contributed by atoms with E-state index in [1.165, 1.54) is 23.5 Å². The van der Waals surface area contributed by atoms with Crippen LogP contribution in [0.5, 0.6) is 5.75 Å². The maximum Gasteiger partial charge on any atom is 0.387 e. The van der Waals surface area contributed by atoms with Crippen LogP contribution in [-0.4, -0.2) is 29.0 Å². The van der Waals surface area contributed by atoms with Crippen molar-refractivity contribution in [2.75, 3.05) is 6.54 Å². The number of aryl methyl sites for hydroxylation is 1. The minimum Gasteiger partial charge on any atom is -0.435 e. The first-order valence-electron chi connectivity index (χ1n) is 8.23. The fraction of sp³-hybridized carbons (Fsp3) is 0.211. The van der Waals surface area contributed by atoms with Gasteiger partial charge in [-0.1, -0.05) is 18.2 Å². The van der Waals surface area contributed by atoms with Crippen molar-refractivity contribution in [2.24, 2.45) is 0 Å². The van der Waals surface area contributed by atoms with Gasteiger partial charge >= 0.3 is 6.61 Å². The lowest BCUT2D eigenvalue weighted by atomic mass is 10.1. The SMILES string of the molecule is Cc1nc(-c2ccccn2)sc1C(=O)NCCc1ccc(OC(F)F)cc1. The smallest absolute Gasteiger partial charge is 0.387 e. The molecule has 0 fully saturated rings. The maximum absolute atomic E-state index is 12.4. The summed E-state index contributed by atoms with van der Waals surface area (Å²) in [5.41, 5.74) is 2.30. The zero-order valence-electron chi connectivity index (χ0n) is 14.5. The second-order valence-corrected chi connectivity index (χ2v) is 6.68.